The molecular formula is C15H18N4O2S2. The Morgan fingerprint density at radius 1 is 1.39 bits per heavy atom. The Kier molecular flexibility index (Phi) is 6.00. The number of nitrogens with zero attached hydrogens (tertiary/aromatic N) is 2. The van der Waals surface area contributed by atoms with Gasteiger partial charge in [-0.2, -0.15) is 0 Å². The van der Waals surface area contributed by atoms with Crippen LogP contribution in [0.2, 0.25) is 0 Å². The summed E-state index contributed by atoms with van der Waals surface area (Å²) in [5.74, 6) is 0.333. The molecule has 0 bridgehead atoms. The molecule has 2 aromatic rings. The van der Waals surface area contributed by atoms with E-state index >= 15 is 0 Å². The van der Waals surface area contributed by atoms with Crippen LogP contribution in [0.5, 0.6) is 5.75 Å². The van der Waals surface area contributed by atoms with Gasteiger partial charge in [-0.1, -0.05) is 24.3 Å². The maximum atomic E-state index is 12.2. The second-order valence-corrected chi connectivity index (χ2v) is 6.43. The molecule has 0 spiro atoms. The molecule has 6 nitrogen and oxygen atoms in total. The summed E-state index contributed by atoms with van der Waals surface area (Å²) in [6, 6.07) is 6.95. The van der Waals surface area contributed by atoms with Crippen LogP contribution < -0.4 is 15.4 Å². The van der Waals surface area contributed by atoms with Gasteiger partial charge >= 0.3 is 0 Å². The van der Waals surface area contributed by atoms with Crippen molar-refractivity contribution in [2.24, 2.45) is 0 Å². The fraction of sp³-hybridized carbons (Fsp3) is 0.333. The van der Waals surface area contributed by atoms with Gasteiger partial charge in [0.05, 0.1) is 6.10 Å². The fourth-order valence-corrected chi connectivity index (χ4v) is 2.67. The first-order valence-electron chi connectivity index (χ1n) is 7.19. The van der Waals surface area contributed by atoms with Crippen molar-refractivity contribution < 1.29 is 9.53 Å². The minimum absolute atomic E-state index is 0.0428. The first-order chi connectivity index (χ1) is 11.0. The number of anilines is 1. The number of carbonyl (C=O) groups is 1. The van der Waals surface area contributed by atoms with Gasteiger partial charge in [0.15, 0.2) is 5.11 Å². The van der Waals surface area contributed by atoms with Gasteiger partial charge in [0.2, 0.25) is 5.13 Å². The van der Waals surface area contributed by atoms with Crippen LogP contribution in [0.4, 0.5) is 5.13 Å². The Morgan fingerprint density at radius 3 is 2.83 bits per heavy atom. The number of rotatable bonds is 5. The molecule has 23 heavy (non-hydrogen) atoms. The fourth-order valence-electron chi connectivity index (χ4n) is 1.73. The third-order valence-electron chi connectivity index (χ3n) is 2.68. The smallest absolute Gasteiger partial charge is 0.257 e. The molecule has 122 valence electrons. The SMILES string of the molecule is CCc1nnc(NC(=S)NC(=O)c2cccc(OC(C)C)c2)s1. The van der Waals surface area contributed by atoms with E-state index in [1.54, 1.807) is 24.3 Å². The number of amides is 1. The highest BCUT2D eigenvalue weighted by molar-refractivity contribution is 7.80. The zero-order valence-electron chi connectivity index (χ0n) is 13.1. The highest BCUT2D eigenvalue weighted by atomic mass is 32.1. The Balaban J connectivity index is 1.96. The van der Waals surface area contributed by atoms with Crippen molar-refractivity contribution in [3.05, 3.63) is 34.8 Å². The molecule has 0 saturated carbocycles. The van der Waals surface area contributed by atoms with Crippen molar-refractivity contribution in [3.8, 4) is 5.75 Å². The zero-order chi connectivity index (χ0) is 16.8. The van der Waals surface area contributed by atoms with Crippen LogP contribution >= 0.6 is 23.6 Å². The predicted molar refractivity (Wildman–Crippen MR) is 95.2 cm³/mol. The lowest BCUT2D eigenvalue weighted by atomic mass is 10.2. The maximum Gasteiger partial charge on any atom is 0.257 e. The second-order valence-electron chi connectivity index (χ2n) is 4.96. The van der Waals surface area contributed by atoms with Crippen LogP contribution in [0.3, 0.4) is 0 Å². The molecule has 0 atom stereocenters. The summed E-state index contributed by atoms with van der Waals surface area (Å²) in [6.45, 7) is 5.85. The van der Waals surface area contributed by atoms with Gasteiger partial charge in [0.25, 0.3) is 5.91 Å². The van der Waals surface area contributed by atoms with E-state index < -0.39 is 0 Å². The Hall–Kier alpha value is -2.06. The Morgan fingerprint density at radius 2 is 2.17 bits per heavy atom. The molecule has 2 rings (SSSR count). The Bertz CT molecular complexity index is 700. The molecule has 0 aliphatic rings. The number of aromatic nitrogens is 2. The summed E-state index contributed by atoms with van der Waals surface area (Å²) in [4.78, 5) is 12.2. The summed E-state index contributed by atoms with van der Waals surface area (Å²) >= 11 is 6.53. The van der Waals surface area contributed by atoms with Crippen molar-refractivity contribution in [1.29, 1.82) is 0 Å². The van der Waals surface area contributed by atoms with Crippen LogP contribution in [-0.2, 0) is 6.42 Å². The van der Waals surface area contributed by atoms with Gasteiger partial charge < -0.3 is 10.1 Å². The highest BCUT2D eigenvalue weighted by Crippen LogP contribution is 2.16. The molecule has 0 unspecified atom stereocenters. The van der Waals surface area contributed by atoms with E-state index in [4.69, 9.17) is 17.0 Å². The van der Waals surface area contributed by atoms with E-state index in [0.29, 0.717) is 16.4 Å². The molecule has 0 aliphatic heterocycles. The summed E-state index contributed by atoms with van der Waals surface area (Å²) in [5, 5.41) is 15.1. The third-order valence-corrected chi connectivity index (χ3v) is 3.87. The first-order valence-corrected chi connectivity index (χ1v) is 8.42. The van der Waals surface area contributed by atoms with Crippen molar-refractivity contribution >= 4 is 39.7 Å². The van der Waals surface area contributed by atoms with Gasteiger partial charge in [0.1, 0.15) is 10.8 Å². The van der Waals surface area contributed by atoms with Crippen molar-refractivity contribution in [2.75, 3.05) is 5.32 Å². The quantitative estimate of drug-likeness (QED) is 0.807. The van der Waals surface area contributed by atoms with Gasteiger partial charge in [-0.3, -0.25) is 10.1 Å². The van der Waals surface area contributed by atoms with E-state index in [9.17, 15) is 4.79 Å². The highest BCUT2D eigenvalue weighted by Gasteiger charge is 2.11. The summed E-state index contributed by atoms with van der Waals surface area (Å²) in [6.07, 6.45) is 0.849. The lowest BCUT2D eigenvalue weighted by molar-refractivity contribution is 0.0977. The van der Waals surface area contributed by atoms with Gasteiger partial charge in [-0.25, -0.2) is 0 Å². The number of ether oxygens (including phenoxy) is 1. The predicted octanol–water partition coefficient (Wildman–Crippen LogP) is 3.01. The molecular weight excluding hydrogens is 332 g/mol. The molecule has 0 aliphatic carbocycles. The van der Waals surface area contributed by atoms with Crippen molar-refractivity contribution in [1.82, 2.24) is 15.5 Å². The zero-order valence-corrected chi connectivity index (χ0v) is 14.8. The number of thiocarbonyl (C=S) groups is 1. The topological polar surface area (TPSA) is 76.1 Å². The first kappa shape index (κ1) is 17.3. The average Bonchev–Trinajstić information content (AvgIpc) is 2.94. The number of nitrogens with one attached hydrogen (secondary N) is 2. The molecule has 8 heteroatoms. The Labute approximate surface area is 144 Å². The van der Waals surface area contributed by atoms with Crippen LogP contribution in [0.1, 0.15) is 36.1 Å². The monoisotopic (exact) mass is 350 g/mol. The lowest BCUT2D eigenvalue weighted by Crippen LogP contribution is -2.34. The van der Waals surface area contributed by atoms with E-state index in [-0.39, 0.29) is 17.1 Å². The molecule has 0 saturated heterocycles. The number of carbonyl (C=O) groups excluding carboxylic acids is 1. The minimum Gasteiger partial charge on any atom is -0.491 e. The van der Waals surface area contributed by atoms with Crippen molar-refractivity contribution in [2.45, 2.75) is 33.3 Å². The van der Waals surface area contributed by atoms with E-state index in [0.717, 1.165) is 11.4 Å². The van der Waals surface area contributed by atoms with Crippen LogP contribution in [0, 0.1) is 0 Å². The molecule has 1 heterocycles. The average molecular weight is 350 g/mol. The summed E-state index contributed by atoms with van der Waals surface area (Å²) in [5.41, 5.74) is 0.471. The van der Waals surface area contributed by atoms with Crippen molar-refractivity contribution in [3.63, 3.8) is 0 Å². The normalized spacial score (nSPS) is 10.4. The largest absolute Gasteiger partial charge is 0.491 e. The van der Waals surface area contributed by atoms with Crippen LogP contribution in [0.15, 0.2) is 24.3 Å². The van der Waals surface area contributed by atoms with Gasteiger partial charge in [-0.15, -0.1) is 10.2 Å². The van der Waals surface area contributed by atoms with Crippen LogP contribution in [0.25, 0.3) is 0 Å². The molecule has 2 N–H and O–H groups in total. The number of aryl methyl sites for hydroxylation is 1. The molecule has 0 radical (unpaired) electrons. The summed E-state index contributed by atoms with van der Waals surface area (Å²) < 4.78 is 5.58. The second kappa shape index (κ2) is 7.98. The standard InChI is InChI=1S/C15H18N4O2S2/c1-4-12-18-19-15(23-12)17-14(22)16-13(20)10-6-5-7-11(8-10)21-9(2)3/h5-9H,4H2,1-3H3,(H2,16,17,19,20,22). The maximum absolute atomic E-state index is 12.2. The minimum atomic E-state index is -0.308. The molecule has 0 fully saturated rings. The van der Waals surface area contributed by atoms with Gasteiger partial charge in [0, 0.05) is 5.56 Å². The van der Waals surface area contributed by atoms with Crippen LogP contribution in [-0.4, -0.2) is 27.3 Å². The lowest BCUT2D eigenvalue weighted by Gasteiger charge is -2.11. The van der Waals surface area contributed by atoms with E-state index in [1.165, 1.54) is 11.3 Å². The molecule has 1 aromatic heterocycles. The number of benzene rings is 1. The molecule has 1 amide bonds. The number of hydrogen-bond acceptors (Lipinski definition) is 6. The van der Waals surface area contributed by atoms with Gasteiger partial charge in [-0.05, 0) is 50.7 Å². The van der Waals surface area contributed by atoms with E-state index in [1.807, 2.05) is 20.8 Å². The number of hydrogen-bond donors (Lipinski definition) is 2. The summed E-state index contributed by atoms with van der Waals surface area (Å²) in [7, 11) is 0. The molecule has 1 aromatic carbocycles. The third kappa shape index (κ3) is 5.26. The van der Waals surface area contributed by atoms with E-state index in [2.05, 4.69) is 20.8 Å².